The predicted octanol–water partition coefficient (Wildman–Crippen LogP) is 3.35. The van der Waals surface area contributed by atoms with Crippen LogP contribution in [0.1, 0.15) is 5.56 Å². The molecule has 3 heterocycles. The number of benzene rings is 3. The lowest BCUT2D eigenvalue weighted by atomic mass is 10.2. The number of non-ortho nitro benzene ring substituents is 1. The summed E-state index contributed by atoms with van der Waals surface area (Å²) in [6, 6.07) is 23.0. The summed E-state index contributed by atoms with van der Waals surface area (Å²) in [4.78, 5) is 27.8. The second-order valence-corrected chi connectivity index (χ2v) is 8.13. The molecule has 1 amide bonds. The molecule has 0 radical (unpaired) electrons. The quantitative estimate of drug-likeness (QED) is 0.214. The van der Waals surface area contributed by atoms with Crippen LogP contribution in [0.25, 0.3) is 39.2 Å². The predicted molar refractivity (Wildman–Crippen MR) is 136 cm³/mol. The monoisotopic (exact) mass is 491 g/mol. The summed E-state index contributed by atoms with van der Waals surface area (Å²) in [7, 11) is 0. The first-order valence-corrected chi connectivity index (χ1v) is 11.2. The van der Waals surface area contributed by atoms with Gasteiger partial charge >= 0.3 is 0 Å². The number of hydrogen-bond acceptors (Lipinski definition) is 8. The van der Waals surface area contributed by atoms with Gasteiger partial charge in [0.05, 0.1) is 16.7 Å². The summed E-state index contributed by atoms with van der Waals surface area (Å²) >= 11 is 0. The van der Waals surface area contributed by atoms with Gasteiger partial charge in [0.25, 0.3) is 17.4 Å². The number of amides is 1. The number of nitrogens with one attached hydrogen (secondary N) is 1. The highest BCUT2D eigenvalue weighted by Gasteiger charge is 2.19. The van der Waals surface area contributed by atoms with E-state index in [4.69, 9.17) is 5.10 Å². The van der Waals surface area contributed by atoms with Crippen LogP contribution in [0.3, 0.4) is 0 Å². The minimum atomic E-state index is -0.479. The van der Waals surface area contributed by atoms with Gasteiger partial charge in [-0.05, 0) is 23.8 Å². The summed E-state index contributed by atoms with van der Waals surface area (Å²) in [5.41, 5.74) is 5.83. The zero-order chi connectivity index (χ0) is 25.4. The molecule has 6 rings (SSSR count). The number of rotatable bonds is 6. The SMILES string of the molecule is O=C(Cn1c2ccccc2c2nn3c(-c4ccccc4)nnc3nc21)N/N=C/c1ccc([N+](=O)[O-])cc1. The Balaban J connectivity index is 1.32. The molecule has 0 aliphatic carbocycles. The van der Waals surface area contributed by atoms with E-state index >= 15 is 0 Å². The van der Waals surface area contributed by atoms with E-state index in [-0.39, 0.29) is 18.1 Å². The standard InChI is InChI=1S/C25H17N9O3/c35-21(28-26-14-16-10-12-18(13-11-16)34(36)37)15-32-20-9-5-4-8-19(20)22-24(32)27-25-30-29-23(33(25)31-22)17-6-2-1-3-7-17/h1-14H,15H2,(H,28,35)/b26-14+. The molecule has 12 nitrogen and oxygen atoms in total. The van der Waals surface area contributed by atoms with Gasteiger partial charge < -0.3 is 4.57 Å². The maximum atomic E-state index is 12.8. The highest BCUT2D eigenvalue weighted by molar-refractivity contribution is 6.05. The Morgan fingerprint density at radius 3 is 2.54 bits per heavy atom. The van der Waals surface area contributed by atoms with Gasteiger partial charge in [-0.25, -0.2) is 5.43 Å². The van der Waals surface area contributed by atoms with E-state index < -0.39 is 4.92 Å². The minimum absolute atomic E-state index is 0.0219. The summed E-state index contributed by atoms with van der Waals surface area (Å²) in [6.45, 7) is -0.0633. The topological polar surface area (TPSA) is 146 Å². The number of hydrazone groups is 1. The number of hydrogen-bond donors (Lipinski definition) is 1. The zero-order valence-electron chi connectivity index (χ0n) is 19.1. The van der Waals surface area contributed by atoms with Crippen LogP contribution >= 0.6 is 0 Å². The van der Waals surface area contributed by atoms with E-state index in [0.717, 1.165) is 16.5 Å². The summed E-state index contributed by atoms with van der Waals surface area (Å²) < 4.78 is 3.36. The van der Waals surface area contributed by atoms with E-state index in [1.165, 1.54) is 18.3 Å². The average Bonchev–Trinajstić information content (AvgIpc) is 3.47. The Labute approximate surface area is 208 Å². The first kappa shape index (κ1) is 22.0. The Kier molecular flexibility index (Phi) is 5.30. The summed E-state index contributed by atoms with van der Waals surface area (Å²) in [5.74, 6) is 0.501. The molecule has 3 aromatic carbocycles. The van der Waals surface area contributed by atoms with E-state index in [1.807, 2.05) is 54.6 Å². The number of carbonyl (C=O) groups excluding carboxylic acids is 1. The highest BCUT2D eigenvalue weighted by atomic mass is 16.6. The lowest BCUT2D eigenvalue weighted by molar-refractivity contribution is -0.384. The lowest BCUT2D eigenvalue weighted by Crippen LogP contribution is -2.23. The van der Waals surface area contributed by atoms with Crippen LogP contribution in [0.5, 0.6) is 0 Å². The van der Waals surface area contributed by atoms with Gasteiger partial charge in [0.1, 0.15) is 12.1 Å². The van der Waals surface area contributed by atoms with Crippen LogP contribution in [-0.2, 0) is 11.3 Å². The van der Waals surface area contributed by atoms with Gasteiger partial charge in [-0.3, -0.25) is 14.9 Å². The zero-order valence-corrected chi connectivity index (χ0v) is 19.1. The van der Waals surface area contributed by atoms with Crippen molar-refractivity contribution >= 4 is 45.7 Å². The molecule has 0 aliphatic heterocycles. The number of nitro benzene ring substituents is 1. The van der Waals surface area contributed by atoms with Crippen molar-refractivity contribution in [2.24, 2.45) is 5.10 Å². The molecule has 0 fully saturated rings. The second-order valence-electron chi connectivity index (χ2n) is 8.13. The Hall–Kier alpha value is -5.52. The molecule has 0 saturated heterocycles. The highest BCUT2D eigenvalue weighted by Crippen LogP contribution is 2.27. The third kappa shape index (κ3) is 4.01. The van der Waals surface area contributed by atoms with Crippen molar-refractivity contribution in [1.82, 2.24) is 34.8 Å². The second kappa shape index (κ2) is 8.92. The van der Waals surface area contributed by atoms with Crippen LogP contribution in [0.15, 0.2) is 84.0 Å². The molecule has 0 bridgehead atoms. The first-order valence-electron chi connectivity index (χ1n) is 11.2. The molecular weight excluding hydrogens is 474 g/mol. The van der Waals surface area contributed by atoms with Crippen molar-refractivity contribution in [3.05, 3.63) is 94.5 Å². The normalized spacial score (nSPS) is 11.6. The number of nitrogens with zero attached hydrogens (tertiary/aromatic N) is 8. The maximum Gasteiger partial charge on any atom is 0.274 e. The summed E-state index contributed by atoms with van der Waals surface area (Å²) in [5, 5.41) is 28.8. The lowest BCUT2D eigenvalue weighted by Gasteiger charge is -2.05. The Bertz CT molecular complexity index is 1820. The van der Waals surface area contributed by atoms with E-state index in [0.29, 0.717) is 28.3 Å². The molecule has 0 unspecified atom stereocenters. The van der Waals surface area contributed by atoms with Gasteiger partial charge in [-0.2, -0.15) is 19.7 Å². The molecule has 0 aliphatic rings. The van der Waals surface area contributed by atoms with Gasteiger partial charge in [0.2, 0.25) is 0 Å². The van der Waals surface area contributed by atoms with Crippen molar-refractivity contribution in [3.63, 3.8) is 0 Å². The van der Waals surface area contributed by atoms with E-state index in [9.17, 15) is 14.9 Å². The van der Waals surface area contributed by atoms with E-state index in [1.54, 1.807) is 21.2 Å². The van der Waals surface area contributed by atoms with E-state index in [2.05, 4.69) is 25.7 Å². The van der Waals surface area contributed by atoms with Gasteiger partial charge in [-0.1, -0.05) is 48.5 Å². The molecule has 6 aromatic rings. The van der Waals surface area contributed by atoms with Gasteiger partial charge in [-0.15, -0.1) is 10.2 Å². The average molecular weight is 491 g/mol. The molecule has 3 aromatic heterocycles. The molecule has 0 saturated carbocycles. The molecular formula is C25H17N9O3. The molecule has 37 heavy (non-hydrogen) atoms. The van der Waals surface area contributed by atoms with Crippen LogP contribution in [-0.4, -0.2) is 46.4 Å². The molecule has 0 atom stereocenters. The van der Waals surface area contributed by atoms with Crippen molar-refractivity contribution in [2.45, 2.75) is 6.54 Å². The molecule has 0 spiro atoms. The van der Waals surface area contributed by atoms with Crippen molar-refractivity contribution in [1.29, 1.82) is 0 Å². The third-order valence-electron chi connectivity index (χ3n) is 5.79. The maximum absolute atomic E-state index is 12.8. The summed E-state index contributed by atoms with van der Waals surface area (Å²) in [6.07, 6.45) is 1.41. The number of para-hydroxylation sites is 1. The van der Waals surface area contributed by atoms with Gasteiger partial charge in [0.15, 0.2) is 11.5 Å². The third-order valence-corrected chi connectivity index (χ3v) is 5.79. The fourth-order valence-electron chi connectivity index (χ4n) is 4.08. The molecule has 1 N–H and O–H groups in total. The fourth-order valence-corrected chi connectivity index (χ4v) is 4.08. The van der Waals surface area contributed by atoms with Crippen LogP contribution in [0.2, 0.25) is 0 Å². The first-order chi connectivity index (χ1) is 18.1. The minimum Gasteiger partial charge on any atom is -0.314 e. The van der Waals surface area contributed by atoms with Crippen molar-refractivity contribution < 1.29 is 9.72 Å². The number of fused-ring (bicyclic) bond motifs is 4. The van der Waals surface area contributed by atoms with Crippen molar-refractivity contribution in [2.75, 3.05) is 0 Å². The van der Waals surface area contributed by atoms with Crippen LogP contribution in [0.4, 0.5) is 5.69 Å². The largest absolute Gasteiger partial charge is 0.314 e. The van der Waals surface area contributed by atoms with Gasteiger partial charge in [0, 0.05) is 23.1 Å². The van der Waals surface area contributed by atoms with Crippen LogP contribution < -0.4 is 5.43 Å². The molecule has 12 heteroatoms. The smallest absolute Gasteiger partial charge is 0.274 e. The number of aromatic nitrogens is 6. The fraction of sp³-hybridized carbons (Fsp3) is 0.0400. The Morgan fingerprint density at radius 1 is 1.00 bits per heavy atom. The Morgan fingerprint density at radius 2 is 1.76 bits per heavy atom. The molecule has 180 valence electrons. The van der Waals surface area contributed by atoms with Crippen LogP contribution in [0, 0.1) is 10.1 Å². The number of carbonyl (C=O) groups is 1. The number of nitro groups is 1. The van der Waals surface area contributed by atoms with Crippen molar-refractivity contribution in [3.8, 4) is 11.4 Å².